The summed E-state index contributed by atoms with van der Waals surface area (Å²) in [5.41, 5.74) is 3.29. The number of carboxylic acids is 1. The van der Waals surface area contributed by atoms with E-state index in [4.69, 9.17) is 20.2 Å². The number of nitrogens with two attached hydrogens (primary N) is 1. The van der Waals surface area contributed by atoms with E-state index in [1.165, 1.54) is 5.38 Å². The summed E-state index contributed by atoms with van der Waals surface area (Å²) in [6.45, 7) is -1.37. The number of alkyl halides is 1. The standard InChI is InChI=1S/C13H14FN5O8S2/c14-3-6-8(10(21)19(6)29(24,25)26)17-9(20)7(5-4-28-12(15)16-5)18-27-13(1-2-13)11(22)23/h4,6,8H,1-3H2,(H2,15,16)(H,17,20)(H,22,23)(H,24,25,26)/t6-,8-/m1/s1. The van der Waals surface area contributed by atoms with E-state index in [1.54, 1.807) is 0 Å². The molecule has 1 saturated heterocycles. The lowest BCUT2D eigenvalue weighted by Crippen LogP contribution is -2.73. The van der Waals surface area contributed by atoms with Gasteiger partial charge in [-0.15, -0.1) is 11.3 Å². The van der Waals surface area contributed by atoms with Gasteiger partial charge in [-0.2, -0.15) is 8.42 Å². The molecule has 1 aromatic heterocycles. The van der Waals surface area contributed by atoms with E-state index in [0.29, 0.717) is 0 Å². The Morgan fingerprint density at radius 1 is 1.52 bits per heavy atom. The number of nitrogens with zero attached hydrogens (tertiary/aromatic N) is 3. The van der Waals surface area contributed by atoms with E-state index in [1.807, 2.05) is 0 Å². The predicted molar refractivity (Wildman–Crippen MR) is 93.8 cm³/mol. The Morgan fingerprint density at radius 2 is 2.17 bits per heavy atom. The number of aliphatic carboxylic acids is 1. The Kier molecular flexibility index (Phi) is 5.18. The Morgan fingerprint density at radius 3 is 2.62 bits per heavy atom. The smallest absolute Gasteiger partial charge is 0.362 e. The first-order valence-electron chi connectivity index (χ1n) is 7.88. The van der Waals surface area contributed by atoms with Gasteiger partial charge in [0.25, 0.3) is 11.8 Å². The van der Waals surface area contributed by atoms with Gasteiger partial charge >= 0.3 is 16.3 Å². The van der Waals surface area contributed by atoms with Crippen molar-refractivity contribution >= 4 is 50.3 Å². The van der Waals surface area contributed by atoms with Crippen LogP contribution >= 0.6 is 11.3 Å². The maximum atomic E-state index is 13.2. The zero-order valence-electron chi connectivity index (χ0n) is 14.3. The van der Waals surface area contributed by atoms with Gasteiger partial charge in [0.05, 0.1) is 0 Å². The first kappa shape index (κ1) is 20.9. The van der Waals surface area contributed by atoms with Gasteiger partial charge in [-0.05, 0) is 0 Å². The zero-order chi connectivity index (χ0) is 21.6. The largest absolute Gasteiger partial charge is 0.478 e. The second-order valence-electron chi connectivity index (χ2n) is 6.19. The number of carboxylic acid groups (broad SMARTS) is 1. The second-order valence-corrected chi connectivity index (χ2v) is 8.36. The number of halogens is 1. The summed E-state index contributed by atoms with van der Waals surface area (Å²) >= 11 is 0.940. The highest BCUT2D eigenvalue weighted by atomic mass is 32.2. The van der Waals surface area contributed by atoms with Crippen molar-refractivity contribution in [3.05, 3.63) is 11.1 Å². The zero-order valence-corrected chi connectivity index (χ0v) is 15.9. The fraction of sp³-hybridized carbons (Fsp3) is 0.462. The third kappa shape index (κ3) is 3.85. The summed E-state index contributed by atoms with van der Waals surface area (Å²) in [5.74, 6) is -3.65. The molecule has 158 valence electrons. The normalized spacial score (nSPS) is 23.3. The predicted octanol–water partition coefficient (Wildman–Crippen LogP) is -1.47. The Bertz CT molecular complexity index is 1000. The van der Waals surface area contributed by atoms with Gasteiger partial charge in [-0.3, -0.25) is 14.1 Å². The molecule has 16 heteroatoms. The Labute approximate surface area is 166 Å². The van der Waals surface area contributed by atoms with Crippen LogP contribution < -0.4 is 11.1 Å². The molecule has 2 amide bonds. The molecule has 0 bridgehead atoms. The molecule has 1 saturated carbocycles. The van der Waals surface area contributed by atoms with E-state index >= 15 is 0 Å². The lowest BCUT2D eigenvalue weighted by molar-refractivity contribution is -0.153. The van der Waals surface area contributed by atoms with Crippen molar-refractivity contribution < 1.29 is 41.7 Å². The topological polar surface area (TPSA) is 202 Å². The van der Waals surface area contributed by atoms with Crippen LogP contribution in [0.1, 0.15) is 18.5 Å². The molecule has 29 heavy (non-hydrogen) atoms. The summed E-state index contributed by atoms with van der Waals surface area (Å²) in [4.78, 5) is 44.5. The van der Waals surface area contributed by atoms with Gasteiger partial charge in [-0.25, -0.2) is 18.5 Å². The number of hydrogen-bond donors (Lipinski definition) is 4. The molecule has 0 radical (unpaired) electrons. The molecular formula is C13H14FN5O8S2. The van der Waals surface area contributed by atoms with Gasteiger partial charge in [0.1, 0.15) is 24.5 Å². The van der Waals surface area contributed by atoms with E-state index in [9.17, 15) is 27.2 Å². The van der Waals surface area contributed by atoms with Crippen molar-refractivity contribution in [2.45, 2.75) is 30.5 Å². The number of amides is 2. The summed E-state index contributed by atoms with van der Waals surface area (Å²) in [7, 11) is -5.00. The first-order valence-corrected chi connectivity index (χ1v) is 10.2. The van der Waals surface area contributed by atoms with Crippen molar-refractivity contribution in [3.63, 3.8) is 0 Å². The van der Waals surface area contributed by atoms with E-state index < -0.39 is 58.2 Å². The van der Waals surface area contributed by atoms with Gasteiger partial charge in [0, 0.05) is 18.2 Å². The molecule has 1 aromatic rings. The van der Waals surface area contributed by atoms with Gasteiger partial charge in [0.2, 0.25) is 5.60 Å². The molecule has 2 aliphatic rings. The molecule has 5 N–H and O–H groups in total. The molecule has 1 aliphatic heterocycles. The number of hydrogen-bond acceptors (Lipinski definition) is 10. The van der Waals surface area contributed by atoms with Gasteiger partial charge < -0.3 is 21.0 Å². The monoisotopic (exact) mass is 451 g/mol. The van der Waals surface area contributed by atoms with Crippen LogP contribution in [0.5, 0.6) is 0 Å². The number of oxime groups is 1. The molecule has 0 aromatic carbocycles. The Balaban J connectivity index is 1.82. The first-order chi connectivity index (χ1) is 13.5. The van der Waals surface area contributed by atoms with Crippen molar-refractivity contribution in [2.75, 3.05) is 12.4 Å². The third-order valence-corrected chi connectivity index (χ3v) is 5.87. The maximum Gasteiger partial charge on any atom is 0.362 e. The number of rotatable bonds is 8. The Hall–Kier alpha value is -2.85. The lowest BCUT2D eigenvalue weighted by atomic mass is 10.00. The highest BCUT2D eigenvalue weighted by Crippen LogP contribution is 2.40. The number of nitrogens with one attached hydrogen (secondary N) is 1. The molecule has 2 atom stereocenters. The highest BCUT2D eigenvalue weighted by molar-refractivity contribution is 7.84. The van der Waals surface area contributed by atoms with Crippen molar-refractivity contribution in [3.8, 4) is 0 Å². The minimum absolute atomic E-state index is 0.0544. The number of anilines is 1. The quantitative estimate of drug-likeness (QED) is 0.156. The molecule has 0 unspecified atom stereocenters. The SMILES string of the molecule is Nc1nc(C(=NOC2(C(=O)O)CC2)C(=O)N[C@H]2C(=O)N(S(=O)(=O)O)[C@@H]2CF)cs1. The van der Waals surface area contributed by atoms with Crippen LogP contribution in [0, 0.1) is 0 Å². The minimum atomic E-state index is -5.00. The molecule has 2 fully saturated rings. The second kappa shape index (κ2) is 7.20. The van der Waals surface area contributed by atoms with Crippen molar-refractivity contribution in [2.24, 2.45) is 5.16 Å². The van der Waals surface area contributed by atoms with Crippen LogP contribution in [0.15, 0.2) is 10.5 Å². The van der Waals surface area contributed by atoms with Crippen LogP contribution in [0.25, 0.3) is 0 Å². The van der Waals surface area contributed by atoms with Crippen LogP contribution in [0.3, 0.4) is 0 Å². The van der Waals surface area contributed by atoms with Crippen molar-refractivity contribution in [1.82, 2.24) is 14.6 Å². The number of thiazole rings is 1. The molecule has 1 aliphatic carbocycles. The summed E-state index contributed by atoms with van der Waals surface area (Å²) in [6, 6.07) is -3.26. The van der Waals surface area contributed by atoms with E-state index in [2.05, 4.69) is 15.5 Å². The highest BCUT2D eigenvalue weighted by Gasteiger charge is 2.56. The van der Waals surface area contributed by atoms with Gasteiger partial charge in [-0.1, -0.05) is 5.16 Å². The number of β-lactam (4-membered cyclic amide) rings is 1. The molecule has 3 rings (SSSR count). The third-order valence-electron chi connectivity index (χ3n) is 4.25. The van der Waals surface area contributed by atoms with Gasteiger partial charge in [0.15, 0.2) is 10.8 Å². The number of carbonyl (C=O) groups excluding carboxylic acids is 2. The van der Waals surface area contributed by atoms with Crippen LogP contribution in [0.2, 0.25) is 0 Å². The molecule has 13 nitrogen and oxygen atoms in total. The molecular weight excluding hydrogens is 437 g/mol. The number of aromatic nitrogens is 1. The summed E-state index contributed by atoms with van der Waals surface area (Å²) in [5, 5.41) is 16.1. The summed E-state index contributed by atoms with van der Waals surface area (Å²) in [6.07, 6.45) is 0.322. The number of nitrogen functional groups attached to an aromatic ring is 1. The molecule has 0 spiro atoms. The van der Waals surface area contributed by atoms with Crippen LogP contribution in [0.4, 0.5) is 9.52 Å². The maximum absolute atomic E-state index is 13.2. The van der Waals surface area contributed by atoms with E-state index in [0.717, 1.165) is 11.3 Å². The number of carbonyl (C=O) groups is 3. The molecule has 2 heterocycles. The average molecular weight is 451 g/mol. The lowest BCUT2D eigenvalue weighted by Gasteiger charge is -2.42. The van der Waals surface area contributed by atoms with E-state index in [-0.39, 0.29) is 28.0 Å². The minimum Gasteiger partial charge on any atom is -0.478 e. The van der Waals surface area contributed by atoms with Crippen LogP contribution in [-0.4, -0.2) is 75.2 Å². The fourth-order valence-electron chi connectivity index (χ4n) is 2.51. The average Bonchev–Trinajstić information content (AvgIpc) is 3.31. The van der Waals surface area contributed by atoms with Crippen LogP contribution in [-0.2, 0) is 29.5 Å². The summed E-state index contributed by atoms with van der Waals surface area (Å²) < 4.78 is 44.3. The van der Waals surface area contributed by atoms with Crippen molar-refractivity contribution in [1.29, 1.82) is 0 Å². The fourth-order valence-corrected chi connectivity index (χ4v) is 3.92.